The number of aliphatic hydroxyl groups is 1. The van der Waals surface area contributed by atoms with Crippen LogP contribution in [0.3, 0.4) is 0 Å². The second-order valence-corrected chi connectivity index (χ2v) is 8.52. The first-order chi connectivity index (χ1) is 12.3. The van der Waals surface area contributed by atoms with Crippen LogP contribution in [-0.2, 0) is 19.1 Å². The quantitative estimate of drug-likeness (QED) is 0.496. The normalized spacial score (nSPS) is 19.1. The maximum atomic E-state index is 12.3. The Balaban J connectivity index is 1.99. The second-order valence-electron chi connectivity index (χ2n) is 6.87. The van der Waals surface area contributed by atoms with Gasteiger partial charge in [-0.25, -0.2) is 0 Å². The number of nitrogens with zero attached hydrogens (tertiary/aromatic N) is 1. The minimum Gasteiger partial charge on any atom is -0.388 e. The molecule has 7 heteroatoms. The molecule has 1 amide bonds. The van der Waals surface area contributed by atoms with E-state index in [1.165, 1.54) is 0 Å². The summed E-state index contributed by atoms with van der Waals surface area (Å²) in [6.07, 6.45) is 6.10. The van der Waals surface area contributed by atoms with Crippen LogP contribution < -0.4 is 4.90 Å². The van der Waals surface area contributed by atoms with Gasteiger partial charge < -0.3 is 10.0 Å². The molecule has 2 rings (SSSR count). The number of hydrogen-bond acceptors (Lipinski definition) is 5. The summed E-state index contributed by atoms with van der Waals surface area (Å²) in [5.74, 6) is 0.0330. The molecule has 0 aromatic heterocycles. The Bertz CT molecular complexity index is 686. The van der Waals surface area contributed by atoms with Crippen LogP contribution in [0.15, 0.2) is 24.3 Å². The van der Waals surface area contributed by atoms with Gasteiger partial charge in [-0.05, 0) is 37.0 Å². The van der Waals surface area contributed by atoms with E-state index < -0.39 is 16.2 Å². The van der Waals surface area contributed by atoms with E-state index in [2.05, 4.69) is 6.92 Å². The van der Waals surface area contributed by atoms with Crippen molar-refractivity contribution in [2.75, 3.05) is 17.8 Å². The van der Waals surface area contributed by atoms with E-state index in [4.69, 9.17) is 4.18 Å². The van der Waals surface area contributed by atoms with Crippen LogP contribution in [0.2, 0.25) is 0 Å². The van der Waals surface area contributed by atoms with E-state index in [-0.39, 0.29) is 18.6 Å². The SMILES string of the molecule is CCCCCC(O)c1ccc(N2C(=O)CC[C@@H]2CCOS(C)(=O)=O)cc1. The summed E-state index contributed by atoms with van der Waals surface area (Å²) in [7, 11) is -3.47. The molecular weight excluding hydrogens is 354 g/mol. The van der Waals surface area contributed by atoms with E-state index in [1.54, 1.807) is 4.90 Å². The van der Waals surface area contributed by atoms with Crippen LogP contribution in [0.4, 0.5) is 5.69 Å². The van der Waals surface area contributed by atoms with Crippen molar-refractivity contribution in [3.8, 4) is 0 Å². The zero-order valence-electron chi connectivity index (χ0n) is 15.6. The summed E-state index contributed by atoms with van der Waals surface area (Å²) in [4.78, 5) is 14.0. The van der Waals surface area contributed by atoms with Gasteiger partial charge in [0.25, 0.3) is 10.1 Å². The van der Waals surface area contributed by atoms with E-state index in [0.717, 1.165) is 43.2 Å². The average molecular weight is 384 g/mol. The molecule has 0 bridgehead atoms. The van der Waals surface area contributed by atoms with Gasteiger partial charge in [0, 0.05) is 18.2 Å². The number of carbonyl (C=O) groups is 1. The first-order valence-corrected chi connectivity index (χ1v) is 11.1. The zero-order valence-corrected chi connectivity index (χ0v) is 16.4. The molecule has 146 valence electrons. The molecule has 0 radical (unpaired) electrons. The van der Waals surface area contributed by atoms with Crippen LogP contribution in [0, 0.1) is 0 Å². The Morgan fingerprint density at radius 3 is 2.58 bits per heavy atom. The molecule has 1 N–H and O–H groups in total. The average Bonchev–Trinajstić information content (AvgIpc) is 2.95. The first kappa shape index (κ1) is 20.9. The maximum absolute atomic E-state index is 12.3. The van der Waals surface area contributed by atoms with Crippen molar-refractivity contribution in [1.29, 1.82) is 0 Å². The monoisotopic (exact) mass is 383 g/mol. The van der Waals surface area contributed by atoms with Crippen LogP contribution in [0.1, 0.15) is 63.5 Å². The highest BCUT2D eigenvalue weighted by atomic mass is 32.2. The fraction of sp³-hybridized carbons (Fsp3) is 0.632. The fourth-order valence-corrected chi connectivity index (χ4v) is 3.72. The zero-order chi connectivity index (χ0) is 19.2. The molecule has 0 aliphatic carbocycles. The first-order valence-electron chi connectivity index (χ1n) is 9.26. The molecule has 26 heavy (non-hydrogen) atoms. The molecule has 1 saturated heterocycles. The lowest BCUT2D eigenvalue weighted by molar-refractivity contribution is -0.117. The molecule has 1 fully saturated rings. The van der Waals surface area contributed by atoms with E-state index >= 15 is 0 Å². The summed E-state index contributed by atoms with van der Waals surface area (Å²) < 4.78 is 27.0. The summed E-state index contributed by atoms with van der Waals surface area (Å²) in [6, 6.07) is 7.37. The van der Waals surface area contributed by atoms with Crippen LogP contribution in [0.25, 0.3) is 0 Å². The lowest BCUT2D eigenvalue weighted by Gasteiger charge is -2.25. The molecule has 1 aliphatic heterocycles. The van der Waals surface area contributed by atoms with Crippen molar-refractivity contribution in [2.24, 2.45) is 0 Å². The number of amides is 1. The third-order valence-electron chi connectivity index (χ3n) is 4.71. The Morgan fingerprint density at radius 2 is 1.96 bits per heavy atom. The number of aliphatic hydroxyl groups excluding tert-OH is 1. The summed E-state index contributed by atoms with van der Waals surface area (Å²) in [5, 5.41) is 10.2. The number of rotatable bonds is 10. The Labute approximate surface area is 156 Å². The van der Waals surface area contributed by atoms with Gasteiger partial charge in [-0.1, -0.05) is 38.3 Å². The van der Waals surface area contributed by atoms with Crippen LogP contribution in [-0.4, -0.2) is 38.3 Å². The molecule has 1 heterocycles. The van der Waals surface area contributed by atoms with Crippen molar-refractivity contribution < 1.29 is 22.5 Å². The molecule has 6 nitrogen and oxygen atoms in total. The summed E-state index contributed by atoms with van der Waals surface area (Å²) in [6.45, 7) is 2.20. The predicted molar refractivity (Wildman–Crippen MR) is 101 cm³/mol. The van der Waals surface area contributed by atoms with Gasteiger partial charge in [-0.2, -0.15) is 8.42 Å². The minimum atomic E-state index is -3.47. The van der Waals surface area contributed by atoms with Crippen molar-refractivity contribution in [2.45, 2.75) is 64.0 Å². The number of anilines is 1. The van der Waals surface area contributed by atoms with Gasteiger partial charge >= 0.3 is 0 Å². The van der Waals surface area contributed by atoms with Crippen LogP contribution in [0.5, 0.6) is 0 Å². The van der Waals surface area contributed by atoms with Gasteiger partial charge in [0.2, 0.25) is 5.91 Å². The third-order valence-corrected chi connectivity index (χ3v) is 5.31. The van der Waals surface area contributed by atoms with E-state index in [1.807, 2.05) is 24.3 Å². The highest BCUT2D eigenvalue weighted by molar-refractivity contribution is 7.85. The summed E-state index contributed by atoms with van der Waals surface area (Å²) in [5.41, 5.74) is 1.63. The Morgan fingerprint density at radius 1 is 1.27 bits per heavy atom. The summed E-state index contributed by atoms with van der Waals surface area (Å²) >= 11 is 0. The fourth-order valence-electron chi connectivity index (χ4n) is 3.32. The largest absolute Gasteiger partial charge is 0.388 e. The molecule has 1 unspecified atom stereocenters. The predicted octanol–water partition coefficient (Wildman–Crippen LogP) is 3.16. The molecule has 1 aromatic rings. The highest BCUT2D eigenvalue weighted by Gasteiger charge is 2.32. The maximum Gasteiger partial charge on any atom is 0.264 e. The van der Waals surface area contributed by atoms with Crippen LogP contribution >= 0.6 is 0 Å². The minimum absolute atomic E-state index is 0.0330. The third kappa shape index (κ3) is 6.07. The molecule has 0 saturated carbocycles. The number of unbranched alkanes of at least 4 members (excludes halogenated alkanes) is 2. The number of carbonyl (C=O) groups excluding carboxylic acids is 1. The van der Waals surface area contributed by atoms with Gasteiger partial charge in [0.15, 0.2) is 0 Å². The smallest absolute Gasteiger partial charge is 0.264 e. The standard InChI is InChI=1S/C19H29NO5S/c1-3-4-5-6-18(21)15-7-9-16(10-8-15)20-17(11-12-19(20)22)13-14-25-26(2,23)24/h7-10,17-18,21H,3-6,11-14H2,1-2H3/t17-,18?/m1/s1. The molecule has 2 atom stereocenters. The van der Waals surface area contributed by atoms with Gasteiger partial charge in [0.1, 0.15) is 0 Å². The molecular formula is C19H29NO5S. The van der Waals surface area contributed by atoms with Gasteiger partial charge in [-0.3, -0.25) is 8.98 Å². The van der Waals surface area contributed by atoms with E-state index in [9.17, 15) is 18.3 Å². The van der Waals surface area contributed by atoms with Crippen molar-refractivity contribution in [1.82, 2.24) is 0 Å². The Kier molecular flexibility index (Phi) is 7.61. The second kappa shape index (κ2) is 9.48. The van der Waals surface area contributed by atoms with Crippen molar-refractivity contribution in [3.63, 3.8) is 0 Å². The highest BCUT2D eigenvalue weighted by Crippen LogP contribution is 2.30. The van der Waals surface area contributed by atoms with Crippen molar-refractivity contribution in [3.05, 3.63) is 29.8 Å². The topological polar surface area (TPSA) is 83.9 Å². The lowest BCUT2D eigenvalue weighted by Crippen LogP contribution is -2.33. The number of benzene rings is 1. The lowest BCUT2D eigenvalue weighted by atomic mass is 10.0. The molecule has 1 aromatic carbocycles. The molecule has 0 spiro atoms. The number of hydrogen-bond donors (Lipinski definition) is 1. The van der Waals surface area contributed by atoms with E-state index in [0.29, 0.717) is 19.3 Å². The van der Waals surface area contributed by atoms with Gasteiger partial charge in [-0.15, -0.1) is 0 Å². The Hall–Kier alpha value is -1.44. The molecule has 1 aliphatic rings. The van der Waals surface area contributed by atoms with Gasteiger partial charge in [0.05, 0.1) is 19.0 Å². The van der Waals surface area contributed by atoms with Crippen molar-refractivity contribution >= 4 is 21.7 Å².